The Bertz CT molecular complexity index is 693. The van der Waals surface area contributed by atoms with Gasteiger partial charge in [0.15, 0.2) is 5.82 Å². The lowest BCUT2D eigenvalue weighted by molar-refractivity contribution is 0.103. The molecule has 1 aliphatic rings. The van der Waals surface area contributed by atoms with Crippen LogP contribution in [0.3, 0.4) is 0 Å². The Hall–Kier alpha value is -1.58. The molecule has 8 heteroatoms. The van der Waals surface area contributed by atoms with Gasteiger partial charge in [0.05, 0.1) is 25.2 Å². The molecule has 0 radical (unpaired) electrons. The van der Waals surface area contributed by atoms with E-state index >= 15 is 0 Å². The van der Waals surface area contributed by atoms with E-state index in [0.29, 0.717) is 37.0 Å². The highest BCUT2D eigenvalue weighted by molar-refractivity contribution is 7.44. The van der Waals surface area contributed by atoms with Gasteiger partial charge in [-0.2, -0.15) is 5.26 Å². The molecule has 1 aromatic heterocycles. The molecular weight excluding hydrogens is 397 g/mol. The summed E-state index contributed by atoms with van der Waals surface area (Å²) in [6.07, 6.45) is 8.07. The molecule has 1 saturated carbocycles. The first-order valence-corrected chi connectivity index (χ1v) is 11.9. The van der Waals surface area contributed by atoms with E-state index in [1.54, 1.807) is 12.3 Å². The van der Waals surface area contributed by atoms with E-state index in [0.717, 1.165) is 31.5 Å². The van der Waals surface area contributed by atoms with Gasteiger partial charge < -0.3 is 13.9 Å². The molecule has 1 heterocycles. The van der Waals surface area contributed by atoms with Crippen molar-refractivity contribution in [3.63, 3.8) is 0 Å². The molecular formula is C22H36N5O2P. The van der Waals surface area contributed by atoms with Crippen LogP contribution in [0.1, 0.15) is 65.6 Å². The molecule has 1 aliphatic carbocycles. The number of nitrogens with zero attached hydrogens (tertiary/aromatic N) is 5. The van der Waals surface area contributed by atoms with E-state index in [-0.39, 0.29) is 6.10 Å². The van der Waals surface area contributed by atoms with Crippen molar-refractivity contribution >= 4 is 20.4 Å². The lowest BCUT2D eigenvalue weighted by Crippen LogP contribution is -2.39. The fourth-order valence-electron chi connectivity index (χ4n) is 3.81. The van der Waals surface area contributed by atoms with Gasteiger partial charge in [-0.25, -0.2) is 14.6 Å². The van der Waals surface area contributed by atoms with Gasteiger partial charge in [-0.05, 0) is 65.5 Å². The summed E-state index contributed by atoms with van der Waals surface area (Å²) in [5, 5.41) is 8.87. The fraction of sp³-hybridized carbons (Fsp3) is 0.682. The van der Waals surface area contributed by atoms with Gasteiger partial charge in [0, 0.05) is 31.4 Å². The van der Waals surface area contributed by atoms with Crippen molar-refractivity contribution in [3.05, 3.63) is 24.7 Å². The maximum atomic E-state index is 8.87. The van der Waals surface area contributed by atoms with E-state index < -0.39 is 8.53 Å². The highest BCUT2D eigenvalue weighted by atomic mass is 31.2. The van der Waals surface area contributed by atoms with Crippen molar-refractivity contribution in [1.29, 1.82) is 5.26 Å². The highest BCUT2D eigenvalue weighted by Gasteiger charge is 2.32. The summed E-state index contributed by atoms with van der Waals surface area (Å²) in [5.41, 5.74) is 0. The third kappa shape index (κ3) is 6.99. The van der Waals surface area contributed by atoms with Crippen LogP contribution in [-0.4, -0.2) is 52.5 Å². The Morgan fingerprint density at radius 3 is 2.50 bits per heavy atom. The summed E-state index contributed by atoms with van der Waals surface area (Å²) in [6, 6.07) is 5.16. The van der Waals surface area contributed by atoms with E-state index in [1.807, 2.05) is 6.07 Å². The number of nitriles is 1. The zero-order valence-electron chi connectivity index (χ0n) is 19.0. The zero-order valence-corrected chi connectivity index (χ0v) is 19.9. The lowest BCUT2D eigenvalue weighted by Gasteiger charge is -2.40. The van der Waals surface area contributed by atoms with E-state index in [4.69, 9.17) is 14.3 Å². The molecule has 1 aromatic rings. The second-order valence-corrected chi connectivity index (χ2v) is 9.58. The minimum Gasteiger partial charge on any atom is -0.357 e. The van der Waals surface area contributed by atoms with Crippen LogP contribution in [0.5, 0.6) is 0 Å². The maximum absolute atomic E-state index is 8.87. The zero-order chi connectivity index (χ0) is 22.1. The van der Waals surface area contributed by atoms with Crippen molar-refractivity contribution in [2.24, 2.45) is 0 Å². The van der Waals surface area contributed by atoms with Crippen LogP contribution < -0.4 is 4.90 Å². The lowest BCUT2D eigenvalue weighted by atomic mass is 9.92. The molecule has 0 aliphatic heterocycles. The summed E-state index contributed by atoms with van der Waals surface area (Å²) >= 11 is 0. The topological polar surface area (TPSA) is 74.5 Å². The number of rotatable bonds is 11. The Labute approximate surface area is 183 Å². The normalized spacial score (nSPS) is 20.4. The van der Waals surface area contributed by atoms with Crippen molar-refractivity contribution in [3.8, 4) is 6.07 Å². The largest absolute Gasteiger partial charge is 0.357 e. The number of anilines is 1. The first-order chi connectivity index (χ1) is 14.4. The van der Waals surface area contributed by atoms with Gasteiger partial charge in [-0.3, -0.25) is 0 Å². The quantitative estimate of drug-likeness (QED) is 0.352. The molecule has 30 heavy (non-hydrogen) atoms. The molecule has 1 fully saturated rings. The van der Waals surface area contributed by atoms with E-state index in [1.165, 1.54) is 0 Å². The Kier molecular flexibility index (Phi) is 10.1. The van der Waals surface area contributed by atoms with E-state index in [2.05, 4.69) is 66.9 Å². The third-order valence-electron chi connectivity index (χ3n) is 5.30. The molecule has 1 atom stereocenters. The standard InChI is InChI=1S/C22H36N5O2P/c1-7-21-24-15-13-22(25-21)26(6)19-9-11-20(12-10-19)29-30(28-16-8-14-23)27(17(2)3)18(4)5/h7,13,15,17-20H,1,8-12,16H2,2-6H3. The molecule has 0 spiro atoms. The number of hydrogen-bond acceptors (Lipinski definition) is 7. The van der Waals surface area contributed by atoms with Crippen molar-refractivity contribution < 1.29 is 9.05 Å². The molecule has 1 unspecified atom stereocenters. The molecule has 0 saturated heterocycles. The number of hydrogen-bond donors (Lipinski definition) is 0. The van der Waals surface area contributed by atoms with Crippen LogP contribution in [0, 0.1) is 11.3 Å². The smallest absolute Gasteiger partial charge is 0.259 e. The van der Waals surface area contributed by atoms with Gasteiger partial charge >= 0.3 is 0 Å². The maximum Gasteiger partial charge on any atom is 0.259 e. The van der Waals surface area contributed by atoms with Crippen molar-refractivity contribution in [2.45, 2.75) is 84.0 Å². The average molecular weight is 434 g/mol. The average Bonchev–Trinajstić information content (AvgIpc) is 2.73. The molecule has 7 nitrogen and oxygen atoms in total. The van der Waals surface area contributed by atoms with Gasteiger partial charge in [-0.15, -0.1) is 0 Å². The first kappa shape index (κ1) is 24.7. The van der Waals surface area contributed by atoms with Gasteiger partial charge in [0.2, 0.25) is 0 Å². The first-order valence-electron chi connectivity index (χ1n) is 10.8. The predicted octanol–water partition coefficient (Wildman–Crippen LogP) is 5.16. The summed E-state index contributed by atoms with van der Waals surface area (Å²) in [4.78, 5) is 11.0. The minimum atomic E-state index is -1.18. The molecule has 0 N–H and O–H groups in total. The SMILES string of the molecule is C=Cc1nccc(N(C)C2CCC(OP(OCCC#N)N(C(C)C)C(C)C)CC2)n1. The molecule has 2 rings (SSSR count). The van der Waals surface area contributed by atoms with Gasteiger partial charge in [-0.1, -0.05) is 6.58 Å². The van der Waals surface area contributed by atoms with Crippen LogP contribution >= 0.6 is 8.53 Å². The summed E-state index contributed by atoms with van der Waals surface area (Å²) in [7, 11) is 0.915. The number of aromatic nitrogens is 2. The third-order valence-corrected chi connectivity index (χ3v) is 7.48. The monoisotopic (exact) mass is 433 g/mol. The summed E-state index contributed by atoms with van der Waals surface area (Å²) in [5.74, 6) is 1.58. The van der Waals surface area contributed by atoms with Gasteiger partial charge in [0.1, 0.15) is 5.82 Å². The Balaban J connectivity index is 1.97. The van der Waals surface area contributed by atoms with Crippen LogP contribution in [0.4, 0.5) is 5.82 Å². The second kappa shape index (κ2) is 12.3. The second-order valence-electron chi connectivity index (χ2n) is 8.17. The van der Waals surface area contributed by atoms with Crippen LogP contribution in [0.25, 0.3) is 6.08 Å². The van der Waals surface area contributed by atoms with Crippen LogP contribution in [0.2, 0.25) is 0 Å². The molecule has 0 aromatic carbocycles. The van der Waals surface area contributed by atoms with Gasteiger partial charge in [0.25, 0.3) is 8.53 Å². The Morgan fingerprint density at radius 1 is 1.27 bits per heavy atom. The highest BCUT2D eigenvalue weighted by Crippen LogP contribution is 2.48. The van der Waals surface area contributed by atoms with Crippen LogP contribution in [-0.2, 0) is 9.05 Å². The Morgan fingerprint density at radius 2 is 1.93 bits per heavy atom. The fourth-order valence-corrected chi connectivity index (χ4v) is 5.58. The summed E-state index contributed by atoms with van der Waals surface area (Å²) < 4.78 is 14.8. The van der Waals surface area contributed by atoms with E-state index in [9.17, 15) is 0 Å². The molecule has 0 amide bonds. The molecule has 166 valence electrons. The summed E-state index contributed by atoms with van der Waals surface area (Å²) in [6.45, 7) is 12.8. The van der Waals surface area contributed by atoms with Crippen LogP contribution in [0.15, 0.2) is 18.8 Å². The van der Waals surface area contributed by atoms with Crippen molar-refractivity contribution in [1.82, 2.24) is 14.6 Å². The minimum absolute atomic E-state index is 0.178. The molecule has 0 bridgehead atoms. The van der Waals surface area contributed by atoms with Crippen molar-refractivity contribution in [2.75, 3.05) is 18.6 Å². The predicted molar refractivity (Wildman–Crippen MR) is 123 cm³/mol.